The molecular weight excluding hydrogens is 490 g/mol. The van der Waals surface area contributed by atoms with Crippen molar-refractivity contribution >= 4 is 41.3 Å². The van der Waals surface area contributed by atoms with Crippen molar-refractivity contribution in [1.29, 1.82) is 0 Å². The van der Waals surface area contributed by atoms with Gasteiger partial charge in [0.05, 0.1) is 23.4 Å². The van der Waals surface area contributed by atoms with Gasteiger partial charge in [0, 0.05) is 31.4 Å². The number of ether oxygens (including phenoxy) is 1. The van der Waals surface area contributed by atoms with Gasteiger partial charge in [0.25, 0.3) is 0 Å². The molecule has 2 atom stereocenters. The van der Waals surface area contributed by atoms with Crippen molar-refractivity contribution < 1.29 is 9.13 Å². The molecule has 8 heteroatoms. The maximum Gasteiger partial charge on any atom is 0.194 e. The molecular formula is C20H28FIN4OS. The van der Waals surface area contributed by atoms with Gasteiger partial charge in [-0.15, -0.1) is 35.3 Å². The molecule has 1 fully saturated rings. The standard InChI is InChI=1S/C20H27FN4OS.HI/c1-4-22-20(23-10-9-18-13-27-15(3)24-18)25-11-14(2)26-19(12-25)16-5-7-17(21)8-6-16;/h5-8,13-14,19H,4,9-12H2,1-3H3,(H,22,23);1H. The molecule has 0 radical (unpaired) electrons. The van der Waals surface area contributed by atoms with Gasteiger partial charge in [-0.1, -0.05) is 12.1 Å². The maximum absolute atomic E-state index is 13.2. The van der Waals surface area contributed by atoms with E-state index in [4.69, 9.17) is 9.73 Å². The minimum Gasteiger partial charge on any atom is -0.367 e. The van der Waals surface area contributed by atoms with Crippen molar-refractivity contribution in [3.8, 4) is 0 Å². The Hall–Kier alpha value is -1.26. The average molecular weight is 518 g/mol. The average Bonchev–Trinajstić information content (AvgIpc) is 3.06. The zero-order valence-electron chi connectivity index (χ0n) is 16.5. The molecule has 2 heterocycles. The summed E-state index contributed by atoms with van der Waals surface area (Å²) in [4.78, 5) is 11.5. The number of thiazole rings is 1. The molecule has 0 saturated carbocycles. The quantitative estimate of drug-likeness (QED) is 0.367. The molecule has 2 aromatic rings. The number of nitrogens with one attached hydrogen (secondary N) is 1. The van der Waals surface area contributed by atoms with Crippen LogP contribution in [0.5, 0.6) is 0 Å². The van der Waals surface area contributed by atoms with E-state index >= 15 is 0 Å². The summed E-state index contributed by atoms with van der Waals surface area (Å²) in [6, 6.07) is 6.56. The van der Waals surface area contributed by atoms with E-state index in [0.29, 0.717) is 13.1 Å². The van der Waals surface area contributed by atoms with Gasteiger partial charge in [0.2, 0.25) is 0 Å². The molecule has 0 spiro atoms. The highest BCUT2D eigenvalue weighted by atomic mass is 127. The highest BCUT2D eigenvalue weighted by molar-refractivity contribution is 14.0. The largest absolute Gasteiger partial charge is 0.367 e. The molecule has 1 aliphatic rings. The zero-order valence-corrected chi connectivity index (χ0v) is 19.7. The fourth-order valence-corrected chi connectivity index (χ4v) is 3.86. The van der Waals surface area contributed by atoms with E-state index in [1.807, 2.05) is 6.92 Å². The molecule has 0 amide bonds. The first-order valence-electron chi connectivity index (χ1n) is 9.40. The fourth-order valence-electron chi connectivity index (χ4n) is 3.21. The zero-order chi connectivity index (χ0) is 19.2. The van der Waals surface area contributed by atoms with E-state index in [1.165, 1.54) is 12.1 Å². The van der Waals surface area contributed by atoms with Gasteiger partial charge in [0.15, 0.2) is 5.96 Å². The predicted octanol–water partition coefficient (Wildman–Crippen LogP) is 4.18. The van der Waals surface area contributed by atoms with Crippen LogP contribution in [0.25, 0.3) is 0 Å². The van der Waals surface area contributed by atoms with Gasteiger partial charge >= 0.3 is 0 Å². The number of halogens is 2. The highest BCUT2D eigenvalue weighted by Gasteiger charge is 2.28. The van der Waals surface area contributed by atoms with Crippen LogP contribution in [-0.4, -0.2) is 48.1 Å². The molecule has 0 aliphatic carbocycles. The second-order valence-electron chi connectivity index (χ2n) is 6.74. The molecule has 1 saturated heterocycles. The lowest BCUT2D eigenvalue weighted by Gasteiger charge is -2.38. The molecule has 1 aromatic carbocycles. The van der Waals surface area contributed by atoms with Crippen LogP contribution >= 0.6 is 35.3 Å². The Morgan fingerprint density at radius 1 is 1.36 bits per heavy atom. The molecule has 0 bridgehead atoms. The molecule has 1 aliphatic heterocycles. The second-order valence-corrected chi connectivity index (χ2v) is 7.80. The van der Waals surface area contributed by atoms with Crippen LogP contribution in [0.3, 0.4) is 0 Å². The Balaban J connectivity index is 0.00000280. The van der Waals surface area contributed by atoms with Crippen LogP contribution in [0, 0.1) is 12.7 Å². The van der Waals surface area contributed by atoms with Crippen molar-refractivity contribution in [2.75, 3.05) is 26.2 Å². The van der Waals surface area contributed by atoms with Crippen LogP contribution in [0.1, 0.15) is 36.2 Å². The van der Waals surface area contributed by atoms with E-state index in [2.05, 4.69) is 34.4 Å². The van der Waals surface area contributed by atoms with Crippen molar-refractivity contribution in [1.82, 2.24) is 15.2 Å². The van der Waals surface area contributed by atoms with Crippen molar-refractivity contribution in [3.63, 3.8) is 0 Å². The number of guanidine groups is 1. The van der Waals surface area contributed by atoms with Gasteiger partial charge < -0.3 is 15.0 Å². The van der Waals surface area contributed by atoms with Gasteiger partial charge in [-0.05, 0) is 38.5 Å². The van der Waals surface area contributed by atoms with E-state index in [9.17, 15) is 4.39 Å². The van der Waals surface area contributed by atoms with Crippen molar-refractivity contribution in [2.24, 2.45) is 4.99 Å². The highest BCUT2D eigenvalue weighted by Crippen LogP contribution is 2.25. The van der Waals surface area contributed by atoms with E-state index in [0.717, 1.165) is 41.7 Å². The summed E-state index contributed by atoms with van der Waals surface area (Å²) < 4.78 is 19.3. The molecule has 154 valence electrons. The Bertz CT molecular complexity index is 768. The summed E-state index contributed by atoms with van der Waals surface area (Å²) in [5.74, 6) is 0.665. The first-order chi connectivity index (χ1) is 13.0. The summed E-state index contributed by atoms with van der Waals surface area (Å²) in [6.07, 6.45) is 0.804. The van der Waals surface area contributed by atoms with Gasteiger partial charge in [0.1, 0.15) is 11.9 Å². The van der Waals surface area contributed by atoms with Gasteiger partial charge in [-0.3, -0.25) is 4.99 Å². The third kappa shape index (κ3) is 6.38. The number of benzene rings is 1. The molecule has 3 rings (SSSR count). The predicted molar refractivity (Wildman–Crippen MR) is 123 cm³/mol. The van der Waals surface area contributed by atoms with Crippen molar-refractivity contribution in [3.05, 3.63) is 51.7 Å². The first kappa shape index (κ1) is 23.0. The number of hydrogen-bond acceptors (Lipinski definition) is 4. The third-order valence-corrected chi connectivity index (χ3v) is 5.25. The van der Waals surface area contributed by atoms with Gasteiger partial charge in [-0.2, -0.15) is 0 Å². The lowest BCUT2D eigenvalue weighted by molar-refractivity contribution is -0.0605. The number of morpholine rings is 1. The molecule has 1 N–H and O–H groups in total. The molecule has 5 nitrogen and oxygen atoms in total. The Morgan fingerprint density at radius 3 is 2.75 bits per heavy atom. The van der Waals surface area contributed by atoms with Crippen LogP contribution in [0.2, 0.25) is 0 Å². The second kappa shape index (κ2) is 11.1. The Morgan fingerprint density at radius 2 is 2.11 bits per heavy atom. The number of rotatable bonds is 5. The van der Waals surface area contributed by atoms with E-state index in [-0.39, 0.29) is 42.0 Å². The summed E-state index contributed by atoms with van der Waals surface area (Å²) in [5, 5.41) is 6.57. The van der Waals surface area contributed by atoms with Crippen molar-refractivity contribution in [2.45, 2.75) is 39.4 Å². The van der Waals surface area contributed by atoms with E-state index in [1.54, 1.807) is 23.5 Å². The van der Waals surface area contributed by atoms with E-state index < -0.39 is 0 Å². The minimum atomic E-state index is -0.230. The van der Waals surface area contributed by atoms with Gasteiger partial charge in [-0.25, -0.2) is 9.37 Å². The van der Waals surface area contributed by atoms with Crippen LogP contribution < -0.4 is 5.32 Å². The number of hydrogen-bond donors (Lipinski definition) is 1. The Kier molecular flexibility index (Phi) is 9.10. The molecule has 1 aromatic heterocycles. The third-order valence-electron chi connectivity index (χ3n) is 4.43. The molecule has 2 unspecified atom stereocenters. The number of aryl methyl sites for hydroxylation is 1. The van der Waals surface area contributed by atoms with Crippen LogP contribution in [0.15, 0.2) is 34.6 Å². The smallest absolute Gasteiger partial charge is 0.194 e. The van der Waals surface area contributed by atoms with Crippen LogP contribution in [0.4, 0.5) is 4.39 Å². The summed E-state index contributed by atoms with van der Waals surface area (Å²) >= 11 is 1.67. The lowest BCUT2D eigenvalue weighted by Crippen LogP contribution is -2.50. The normalized spacial score (nSPS) is 20.0. The SMILES string of the molecule is CCNC(=NCCc1csc(C)n1)N1CC(C)OC(c2ccc(F)cc2)C1.I. The lowest BCUT2D eigenvalue weighted by atomic mass is 10.1. The number of aromatic nitrogens is 1. The topological polar surface area (TPSA) is 49.8 Å². The minimum absolute atomic E-state index is 0. The summed E-state index contributed by atoms with van der Waals surface area (Å²) in [5.41, 5.74) is 2.08. The monoisotopic (exact) mass is 518 g/mol. The summed E-state index contributed by atoms with van der Waals surface area (Å²) in [6.45, 7) is 9.12. The summed E-state index contributed by atoms with van der Waals surface area (Å²) in [7, 11) is 0. The number of nitrogens with zero attached hydrogens (tertiary/aromatic N) is 3. The molecule has 28 heavy (non-hydrogen) atoms. The van der Waals surface area contributed by atoms with Crippen LogP contribution in [-0.2, 0) is 11.2 Å². The first-order valence-corrected chi connectivity index (χ1v) is 10.3. The maximum atomic E-state index is 13.2. The fraction of sp³-hybridized carbons (Fsp3) is 0.500. The number of aliphatic imine (C=N–C) groups is 1. The Labute approximate surface area is 187 Å².